The number of benzene rings is 1. The first-order chi connectivity index (χ1) is 31.6. The Bertz CT molecular complexity index is 2370. The average molecular weight is 977 g/mol. The Morgan fingerprint density at radius 2 is 0.646 bits per heavy atom. The van der Waals surface area contributed by atoms with E-state index in [0.29, 0.717) is 0 Å². The summed E-state index contributed by atoms with van der Waals surface area (Å²) in [7, 11) is -0.435. The Labute approximate surface area is 415 Å². The van der Waals surface area contributed by atoms with Crippen LogP contribution in [-0.2, 0) is 22.2 Å². The maximum Gasteiger partial charge on any atom is 0.494 e. The van der Waals surface area contributed by atoms with Gasteiger partial charge in [-0.05, 0) is 149 Å². The zero-order valence-electron chi connectivity index (χ0n) is 39.7. The van der Waals surface area contributed by atoms with E-state index in [1.165, 1.54) is 185 Å². The van der Waals surface area contributed by atoms with Crippen molar-refractivity contribution in [2.75, 3.05) is 0 Å². The van der Waals surface area contributed by atoms with Gasteiger partial charge in [-0.2, -0.15) is 0 Å². The summed E-state index contributed by atoms with van der Waals surface area (Å²) < 4.78 is 13.3. The van der Waals surface area contributed by atoms with E-state index in [9.17, 15) is 0 Å². The van der Waals surface area contributed by atoms with Gasteiger partial charge in [-0.15, -0.1) is 68.0 Å². The lowest BCUT2D eigenvalue weighted by Gasteiger charge is -2.32. The van der Waals surface area contributed by atoms with Gasteiger partial charge in [0.05, 0.1) is 11.2 Å². The zero-order chi connectivity index (χ0) is 45.2. The third kappa shape index (κ3) is 12.7. The average Bonchev–Trinajstić information content (AvgIpc) is 4.14. The number of aryl methyl sites for hydroxylation is 2. The van der Waals surface area contributed by atoms with Crippen molar-refractivity contribution in [2.45, 2.75) is 168 Å². The second-order valence-corrected chi connectivity index (χ2v) is 25.7. The van der Waals surface area contributed by atoms with E-state index >= 15 is 0 Å². The molecule has 0 amide bonds. The second kappa shape index (κ2) is 23.1. The highest BCUT2D eigenvalue weighted by Gasteiger charge is 2.51. The molecule has 65 heavy (non-hydrogen) atoms. The van der Waals surface area contributed by atoms with Gasteiger partial charge in [-0.3, -0.25) is 0 Å². The van der Waals surface area contributed by atoms with E-state index in [4.69, 9.17) is 9.31 Å². The summed E-state index contributed by atoms with van der Waals surface area (Å²) in [5.74, 6) is 0. The summed E-state index contributed by atoms with van der Waals surface area (Å²) in [4.78, 5) is 16.4. The molecule has 0 spiro atoms. The Balaban J connectivity index is 0.951. The number of unbranched alkanes of at least 4 members (excludes halogenated alkanes) is 14. The molecule has 8 rings (SSSR count). The van der Waals surface area contributed by atoms with Crippen molar-refractivity contribution in [3.63, 3.8) is 0 Å². The molecule has 1 fully saturated rings. The molecule has 0 radical (unpaired) electrons. The summed E-state index contributed by atoms with van der Waals surface area (Å²) in [5.41, 5.74) is 2.65. The molecule has 2 nitrogen and oxygen atoms in total. The lowest BCUT2D eigenvalue weighted by Crippen LogP contribution is -2.41. The highest BCUT2D eigenvalue weighted by Crippen LogP contribution is 2.45. The van der Waals surface area contributed by atoms with Crippen LogP contribution in [0.1, 0.15) is 154 Å². The number of thiophene rings is 6. The fourth-order valence-electron chi connectivity index (χ4n) is 8.66. The van der Waals surface area contributed by atoms with Gasteiger partial charge in [-0.1, -0.05) is 116 Å². The fraction of sp³-hybridized carbons (Fsp3) is 0.464. The van der Waals surface area contributed by atoms with Gasteiger partial charge < -0.3 is 9.31 Å². The minimum atomic E-state index is -0.435. The van der Waals surface area contributed by atoms with Gasteiger partial charge >= 0.3 is 7.12 Å². The highest BCUT2D eigenvalue weighted by molar-refractivity contribution is 7.28. The molecule has 1 saturated heterocycles. The van der Waals surface area contributed by atoms with Crippen LogP contribution < -0.4 is 5.46 Å². The Morgan fingerprint density at radius 3 is 1.02 bits per heavy atom. The predicted molar refractivity (Wildman–Crippen MR) is 295 cm³/mol. The van der Waals surface area contributed by atoms with Crippen LogP contribution in [0.15, 0.2) is 91.0 Å². The molecule has 1 aliphatic heterocycles. The van der Waals surface area contributed by atoms with Crippen LogP contribution in [0.4, 0.5) is 0 Å². The van der Waals surface area contributed by atoms with Crippen molar-refractivity contribution >= 4 is 80.6 Å². The Morgan fingerprint density at radius 1 is 0.354 bits per heavy atom. The first-order valence-electron chi connectivity index (χ1n) is 24.7. The maximum absolute atomic E-state index is 6.66. The van der Waals surface area contributed by atoms with Crippen LogP contribution in [0, 0.1) is 0 Å². The minimum Gasteiger partial charge on any atom is -0.399 e. The van der Waals surface area contributed by atoms with Crippen LogP contribution in [0.2, 0.25) is 0 Å². The smallest absolute Gasteiger partial charge is 0.399 e. The van der Waals surface area contributed by atoms with Crippen molar-refractivity contribution in [3.8, 4) is 59.9 Å². The van der Waals surface area contributed by atoms with E-state index in [1.807, 2.05) is 68.0 Å². The van der Waals surface area contributed by atoms with Crippen LogP contribution in [-0.4, -0.2) is 18.3 Å². The quantitative estimate of drug-likeness (QED) is 0.0420. The third-order valence-corrected chi connectivity index (χ3v) is 20.8. The van der Waals surface area contributed by atoms with Gasteiger partial charge in [0.2, 0.25) is 0 Å². The lowest BCUT2D eigenvalue weighted by atomic mass is 9.77. The van der Waals surface area contributed by atoms with Crippen LogP contribution >= 0.6 is 68.0 Å². The summed E-state index contributed by atoms with van der Waals surface area (Å²) in [6.07, 6.45) is 24.3. The Kier molecular flexibility index (Phi) is 17.4. The van der Waals surface area contributed by atoms with E-state index in [1.54, 1.807) is 0 Å². The normalized spacial score (nSPS) is 14.6. The molecule has 0 aliphatic carbocycles. The Hall–Kier alpha value is -2.60. The minimum absolute atomic E-state index is 0.415. The predicted octanol–water partition coefficient (Wildman–Crippen LogP) is 19.7. The molecule has 0 bridgehead atoms. The molecule has 0 N–H and O–H groups in total. The number of hydrogen-bond donors (Lipinski definition) is 0. The first kappa shape index (κ1) is 48.8. The maximum atomic E-state index is 6.66. The molecule has 0 saturated carbocycles. The topological polar surface area (TPSA) is 18.5 Å². The van der Waals surface area contributed by atoms with Gasteiger partial charge in [0, 0.05) is 58.5 Å². The molecule has 7 heterocycles. The van der Waals surface area contributed by atoms with Crippen molar-refractivity contribution in [1.29, 1.82) is 0 Å². The number of rotatable bonds is 25. The van der Waals surface area contributed by atoms with Crippen LogP contribution in [0.5, 0.6) is 0 Å². The molecule has 7 aromatic rings. The molecule has 1 aliphatic rings. The SMILES string of the molecule is CCCCCCCCCCc1ccc(-c2ccc(-c3ccc(-c4cc(B5OC(C)(C)C(C)(C)O5)cc(-c5ccc(-c6ccc(-c7ccc(CCCCCCCCCC)s7)s6)s5)c4)s3)s2)s1. The molecule has 0 atom stereocenters. The fourth-order valence-corrected chi connectivity index (χ4v) is 15.1. The molecular formula is C56H69BO2S6. The standard InChI is InChI=1S/C56H69BO2S6/c1-7-9-11-13-15-17-19-21-23-43-25-27-47(60-43)49-33-35-53(64-49)51-31-29-45(62-51)40-37-41(39-42(38-40)57-58-55(3,4)56(5,6)59-57)46-30-32-52(63-46)54-36-34-50(65-54)48-28-26-44(61-48)24-22-20-18-16-14-12-10-8-2/h25-39H,7-24H2,1-6H3. The summed E-state index contributed by atoms with van der Waals surface area (Å²) >= 11 is 11.6. The molecular weight excluding hydrogens is 908 g/mol. The van der Waals surface area contributed by atoms with E-state index < -0.39 is 18.3 Å². The summed E-state index contributed by atoms with van der Waals surface area (Å²) in [6, 6.07) is 34.9. The van der Waals surface area contributed by atoms with Gasteiger partial charge in [0.1, 0.15) is 0 Å². The monoisotopic (exact) mass is 976 g/mol. The molecule has 1 aromatic carbocycles. The van der Waals surface area contributed by atoms with Gasteiger partial charge in [-0.25, -0.2) is 0 Å². The molecule has 344 valence electrons. The third-order valence-electron chi connectivity index (χ3n) is 13.3. The van der Waals surface area contributed by atoms with E-state index in [0.717, 1.165) is 5.46 Å². The van der Waals surface area contributed by atoms with E-state index in [-0.39, 0.29) is 0 Å². The van der Waals surface area contributed by atoms with Crippen molar-refractivity contribution in [3.05, 3.63) is 101 Å². The highest BCUT2D eigenvalue weighted by atomic mass is 32.1. The van der Waals surface area contributed by atoms with Gasteiger partial charge in [0.15, 0.2) is 0 Å². The summed E-state index contributed by atoms with van der Waals surface area (Å²) in [6.45, 7) is 13.2. The van der Waals surface area contributed by atoms with Crippen molar-refractivity contribution in [2.24, 2.45) is 0 Å². The van der Waals surface area contributed by atoms with Crippen molar-refractivity contribution < 1.29 is 9.31 Å². The first-order valence-corrected chi connectivity index (χ1v) is 29.6. The molecule has 0 unspecified atom stereocenters. The van der Waals surface area contributed by atoms with E-state index in [2.05, 4.69) is 133 Å². The molecule has 9 heteroatoms. The second-order valence-electron chi connectivity index (χ2n) is 19.1. The largest absolute Gasteiger partial charge is 0.494 e. The van der Waals surface area contributed by atoms with Crippen LogP contribution in [0.25, 0.3) is 59.9 Å². The summed E-state index contributed by atoms with van der Waals surface area (Å²) in [5, 5.41) is 0. The zero-order valence-corrected chi connectivity index (χ0v) is 44.6. The van der Waals surface area contributed by atoms with Crippen molar-refractivity contribution in [1.82, 2.24) is 0 Å². The number of hydrogen-bond acceptors (Lipinski definition) is 8. The lowest BCUT2D eigenvalue weighted by molar-refractivity contribution is 0.00578. The van der Waals surface area contributed by atoms with Crippen LogP contribution in [0.3, 0.4) is 0 Å². The van der Waals surface area contributed by atoms with Gasteiger partial charge in [0.25, 0.3) is 0 Å². The molecule has 6 aromatic heterocycles.